The second-order valence-corrected chi connectivity index (χ2v) is 4.57. The molecule has 0 spiro atoms. The summed E-state index contributed by atoms with van der Waals surface area (Å²) in [6.45, 7) is 3.51. The fourth-order valence-electron chi connectivity index (χ4n) is 1.81. The third-order valence-corrected chi connectivity index (χ3v) is 3.01. The highest BCUT2D eigenvalue weighted by Crippen LogP contribution is 2.11. The zero-order chi connectivity index (χ0) is 13.0. The van der Waals surface area contributed by atoms with E-state index in [0.29, 0.717) is 11.0 Å². The van der Waals surface area contributed by atoms with Gasteiger partial charge in [0.15, 0.2) is 0 Å². The van der Waals surface area contributed by atoms with Crippen molar-refractivity contribution in [3.63, 3.8) is 0 Å². The van der Waals surface area contributed by atoms with E-state index in [9.17, 15) is 4.79 Å². The van der Waals surface area contributed by atoms with Crippen molar-refractivity contribution in [2.45, 2.75) is 0 Å². The summed E-state index contributed by atoms with van der Waals surface area (Å²) in [5.41, 5.74) is 0. The summed E-state index contributed by atoms with van der Waals surface area (Å²) in [5, 5.41) is 3.54. The fraction of sp³-hybridized carbons (Fsp3) is 0.545. The van der Waals surface area contributed by atoms with Crippen molar-refractivity contribution in [1.82, 2.24) is 20.2 Å². The zero-order valence-electron chi connectivity index (χ0n) is 10.3. The molecule has 0 bridgehead atoms. The molecule has 1 amide bonds. The summed E-state index contributed by atoms with van der Waals surface area (Å²) in [6, 6.07) is 0. The summed E-state index contributed by atoms with van der Waals surface area (Å²) < 4.78 is 0. The quantitative estimate of drug-likeness (QED) is 0.837. The monoisotopic (exact) mass is 269 g/mol. The molecule has 6 nitrogen and oxygen atoms in total. The minimum atomic E-state index is 0.0979. The lowest BCUT2D eigenvalue weighted by Crippen LogP contribution is -2.49. The molecule has 1 aliphatic rings. The van der Waals surface area contributed by atoms with Gasteiger partial charge in [-0.05, 0) is 0 Å². The number of rotatable bonds is 3. The van der Waals surface area contributed by atoms with Crippen molar-refractivity contribution < 1.29 is 4.79 Å². The molecule has 2 rings (SSSR count). The van der Waals surface area contributed by atoms with Crippen LogP contribution in [-0.4, -0.2) is 60.5 Å². The first kappa shape index (κ1) is 13.0. The summed E-state index contributed by atoms with van der Waals surface area (Å²) in [6.07, 6.45) is 3.06. The first-order valence-electron chi connectivity index (χ1n) is 5.84. The van der Waals surface area contributed by atoms with Gasteiger partial charge in [0.05, 0.1) is 18.9 Å². The Morgan fingerprint density at radius 1 is 1.50 bits per heavy atom. The van der Waals surface area contributed by atoms with E-state index in [-0.39, 0.29) is 12.5 Å². The van der Waals surface area contributed by atoms with Crippen LogP contribution < -0.4 is 10.2 Å². The van der Waals surface area contributed by atoms with Crippen LogP contribution in [0.2, 0.25) is 5.15 Å². The average molecular weight is 270 g/mol. The topological polar surface area (TPSA) is 61.4 Å². The van der Waals surface area contributed by atoms with E-state index in [1.165, 1.54) is 6.20 Å². The third-order valence-electron chi connectivity index (χ3n) is 2.83. The van der Waals surface area contributed by atoms with Crippen LogP contribution in [0, 0.1) is 0 Å². The van der Waals surface area contributed by atoms with Crippen molar-refractivity contribution in [3.05, 3.63) is 17.5 Å². The Labute approximate surface area is 111 Å². The van der Waals surface area contributed by atoms with Crippen LogP contribution in [0.25, 0.3) is 0 Å². The van der Waals surface area contributed by atoms with Crippen molar-refractivity contribution in [2.75, 3.05) is 44.7 Å². The number of hydrogen-bond acceptors (Lipinski definition) is 5. The predicted octanol–water partition coefficient (Wildman–Crippen LogP) is -0.00200. The summed E-state index contributed by atoms with van der Waals surface area (Å²) in [7, 11) is 1.81. The van der Waals surface area contributed by atoms with Gasteiger partial charge >= 0.3 is 0 Å². The molecule has 18 heavy (non-hydrogen) atoms. The molecule has 1 aliphatic heterocycles. The van der Waals surface area contributed by atoms with E-state index in [1.54, 1.807) is 18.1 Å². The van der Waals surface area contributed by atoms with E-state index < -0.39 is 0 Å². The van der Waals surface area contributed by atoms with Crippen LogP contribution in [-0.2, 0) is 4.79 Å². The van der Waals surface area contributed by atoms with Gasteiger partial charge in [-0.3, -0.25) is 9.78 Å². The maximum absolute atomic E-state index is 12.0. The minimum Gasteiger partial charge on any atom is -0.349 e. The van der Waals surface area contributed by atoms with Crippen LogP contribution in [0.5, 0.6) is 0 Å². The van der Waals surface area contributed by atoms with E-state index in [4.69, 9.17) is 11.6 Å². The molecule has 0 aromatic carbocycles. The Kier molecular flexibility index (Phi) is 4.33. The van der Waals surface area contributed by atoms with Gasteiger partial charge in [-0.2, -0.15) is 0 Å². The number of likely N-dealkylation sites (N-methyl/N-ethyl adjacent to an activating group) is 1. The lowest BCUT2D eigenvalue weighted by Gasteiger charge is -2.29. The normalized spacial score (nSPS) is 15.6. The maximum Gasteiger partial charge on any atom is 0.242 e. The summed E-state index contributed by atoms with van der Waals surface area (Å²) >= 11 is 5.77. The molecule has 0 radical (unpaired) electrons. The maximum atomic E-state index is 12.0. The second kappa shape index (κ2) is 5.97. The summed E-state index contributed by atoms with van der Waals surface area (Å²) in [5.74, 6) is 0.701. The SMILES string of the molecule is CN(CC(=O)N1CCNCC1)c1cncc(Cl)n1. The number of aromatic nitrogens is 2. The van der Waals surface area contributed by atoms with Gasteiger partial charge in [0, 0.05) is 33.2 Å². The Bertz CT molecular complexity index is 422. The molecule has 0 unspecified atom stereocenters. The Hall–Kier alpha value is -1.40. The molecule has 1 aromatic rings. The third kappa shape index (κ3) is 3.30. The molecule has 1 N–H and O–H groups in total. The van der Waals surface area contributed by atoms with Gasteiger partial charge in [-0.1, -0.05) is 11.6 Å². The van der Waals surface area contributed by atoms with Crippen molar-refractivity contribution >= 4 is 23.3 Å². The number of hydrogen-bond donors (Lipinski definition) is 1. The molecule has 7 heteroatoms. The van der Waals surface area contributed by atoms with E-state index in [0.717, 1.165) is 26.2 Å². The average Bonchev–Trinajstić information content (AvgIpc) is 2.39. The molecule has 0 atom stereocenters. The molecule has 1 fully saturated rings. The number of amides is 1. The highest BCUT2D eigenvalue weighted by Gasteiger charge is 2.18. The lowest BCUT2D eigenvalue weighted by molar-refractivity contribution is -0.130. The molecule has 0 saturated carbocycles. The standard InChI is InChI=1S/C11H16ClN5O/c1-16(10-7-14-6-9(12)15-10)8-11(18)17-4-2-13-3-5-17/h6-7,13H,2-5,8H2,1H3. The smallest absolute Gasteiger partial charge is 0.242 e. The second-order valence-electron chi connectivity index (χ2n) is 4.19. The molecular weight excluding hydrogens is 254 g/mol. The van der Waals surface area contributed by atoms with Crippen LogP contribution in [0.15, 0.2) is 12.4 Å². The number of nitrogens with zero attached hydrogens (tertiary/aromatic N) is 4. The van der Waals surface area contributed by atoms with E-state index >= 15 is 0 Å². The highest BCUT2D eigenvalue weighted by molar-refractivity contribution is 6.29. The van der Waals surface area contributed by atoms with E-state index in [1.807, 2.05) is 4.90 Å². The van der Waals surface area contributed by atoms with Gasteiger partial charge in [0.2, 0.25) is 5.91 Å². The zero-order valence-corrected chi connectivity index (χ0v) is 11.0. The van der Waals surface area contributed by atoms with Gasteiger partial charge in [-0.25, -0.2) is 4.98 Å². The Balaban J connectivity index is 1.94. The molecule has 1 aromatic heterocycles. The van der Waals surface area contributed by atoms with Crippen LogP contribution >= 0.6 is 11.6 Å². The molecule has 98 valence electrons. The number of anilines is 1. The number of nitrogens with one attached hydrogen (secondary N) is 1. The van der Waals surface area contributed by atoms with Crippen molar-refractivity contribution in [1.29, 1.82) is 0 Å². The first-order chi connectivity index (χ1) is 8.66. The Morgan fingerprint density at radius 3 is 2.89 bits per heavy atom. The number of carbonyl (C=O) groups is 1. The van der Waals surface area contributed by atoms with Gasteiger partial charge in [0.1, 0.15) is 11.0 Å². The molecule has 0 aliphatic carbocycles. The van der Waals surface area contributed by atoms with Gasteiger partial charge in [-0.15, -0.1) is 0 Å². The van der Waals surface area contributed by atoms with Gasteiger partial charge < -0.3 is 15.1 Å². The Morgan fingerprint density at radius 2 is 2.22 bits per heavy atom. The van der Waals surface area contributed by atoms with Crippen molar-refractivity contribution in [3.8, 4) is 0 Å². The first-order valence-corrected chi connectivity index (χ1v) is 6.22. The van der Waals surface area contributed by atoms with Crippen molar-refractivity contribution in [2.24, 2.45) is 0 Å². The van der Waals surface area contributed by atoms with Crippen LogP contribution in [0.3, 0.4) is 0 Å². The minimum absolute atomic E-state index is 0.0979. The number of carbonyl (C=O) groups excluding carboxylic acids is 1. The molecule has 2 heterocycles. The number of piperazine rings is 1. The summed E-state index contributed by atoms with van der Waals surface area (Å²) in [4.78, 5) is 23.7. The van der Waals surface area contributed by atoms with Crippen LogP contribution in [0.4, 0.5) is 5.82 Å². The van der Waals surface area contributed by atoms with Crippen LogP contribution in [0.1, 0.15) is 0 Å². The fourth-order valence-corrected chi connectivity index (χ4v) is 1.96. The predicted molar refractivity (Wildman–Crippen MR) is 69.8 cm³/mol. The van der Waals surface area contributed by atoms with E-state index in [2.05, 4.69) is 15.3 Å². The van der Waals surface area contributed by atoms with Gasteiger partial charge in [0.25, 0.3) is 0 Å². The lowest BCUT2D eigenvalue weighted by atomic mass is 10.3. The molecule has 1 saturated heterocycles. The molecular formula is C11H16ClN5O. The largest absolute Gasteiger partial charge is 0.349 e. The number of halogens is 1. The highest BCUT2D eigenvalue weighted by atomic mass is 35.5.